The molecule has 1 aromatic heterocycles. The Morgan fingerprint density at radius 1 is 1.45 bits per heavy atom. The van der Waals surface area contributed by atoms with Gasteiger partial charge in [0.2, 0.25) is 0 Å². The number of nitrogens with zero attached hydrogens (tertiary/aromatic N) is 2. The highest BCUT2D eigenvalue weighted by molar-refractivity contribution is 5.95. The number of likely N-dealkylation sites (tertiary alicyclic amines) is 1. The molecular formula is C13H18N2O5. The Labute approximate surface area is 116 Å². The Kier molecular flexibility index (Phi) is 4.73. The third kappa shape index (κ3) is 2.98. The van der Waals surface area contributed by atoms with Crippen LogP contribution in [-0.4, -0.2) is 48.7 Å². The molecule has 0 aliphatic carbocycles. The van der Waals surface area contributed by atoms with E-state index in [1.165, 1.54) is 25.2 Å². The smallest absolute Gasteiger partial charge is 0.328 e. The van der Waals surface area contributed by atoms with Crippen molar-refractivity contribution in [1.29, 1.82) is 0 Å². The average Bonchev–Trinajstić information content (AvgIpc) is 2.94. The summed E-state index contributed by atoms with van der Waals surface area (Å²) in [5.41, 5.74) is 0.188. The van der Waals surface area contributed by atoms with Gasteiger partial charge in [0.25, 0.3) is 5.91 Å². The van der Waals surface area contributed by atoms with E-state index in [1.54, 1.807) is 0 Å². The van der Waals surface area contributed by atoms with E-state index >= 15 is 0 Å². The molecule has 1 fully saturated rings. The number of hydrogen-bond acceptors (Lipinski definition) is 6. The molecule has 1 amide bonds. The van der Waals surface area contributed by atoms with E-state index in [9.17, 15) is 9.59 Å². The highest BCUT2D eigenvalue weighted by Crippen LogP contribution is 2.20. The van der Waals surface area contributed by atoms with E-state index in [4.69, 9.17) is 14.0 Å². The zero-order valence-corrected chi connectivity index (χ0v) is 11.6. The minimum atomic E-state index is -0.538. The number of esters is 1. The Bertz CT molecular complexity index is 485. The molecule has 7 heteroatoms. The van der Waals surface area contributed by atoms with Gasteiger partial charge in [-0.1, -0.05) is 5.16 Å². The Hall–Kier alpha value is -1.89. The van der Waals surface area contributed by atoms with Crippen molar-refractivity contribution in [3.63, 3.8) is 0 Å². The third-order valence-corrected chi connectivity index (χ3v) is 3.30. The first-order valence-electron chi connectivity index (χ1n) is 6.50. The number of piperidine rings is 1. The summed E-state index contributed by atoms with van der Waals surface area (Å²) in [4.78, 5) is 25.6. The highest BCUT2D eigenvalue weighted by atomic mass is 16.5. The maximum absolute atomic E-state index is 12.4. The van der Waals surface area contributed by atoms with Gasteiger partial charge >= 0.3 is 5.97 Å². The van der Waals surface area contributed by atoms with Gasteiger partial charge < -0.3 is 18.9 Å². The molecule has 1 aliphatic rings. The standard InChI is InChI=1S/C13H18N2O5/c1-18-8-9-7-10(14-20-9)12(16)15-6-4-3-5-11(15)13(17)19-2/h7,11H,3-6,8H2,1-2H3. The van der Waals surface area contributed by atoms with Crippen LogP contribution in [0, 0.1) is 0 Å². The number of ether oxygens (including phenoxy) is 2. The molecule has 7 nitrogen and oxygen atoms in total. The van der Waals surface area contributed by atoms with E-state index in [2.05, 4.69) is 5.16 Å². The summed E-state index contributed by atoms with van der Waals surface area (Å²) in [5.74, 6) is -0.229. The first-order chi connectivity index (χ1) is 9.67. The van der Waals surface area contributed by atoms with Crippen LogP contribution in [0.5, 0.6) is 0 Å². The summed E-state index contributed by atoms with van der Waals surface area (Å²) >= 11 is 0. The lowest BCUT2D eigenvalue weighted by Crippen LogP contribution is -2.48. The number of methoxy groups -OCH3 is 2. The van der Waals surface area contributed by atoms with Gasteiger partial charge in [-0.3, -0.25) is 4.79 Å². The van der Waals surface area contributed by atoms with Gasteiger partial charge in [-0.2, -0.15) is 0 Å². The fraction of sp³-hybridized carbons (Fsp3) is 0.615. The number of carbonyl (C=O) groups is 2. The van der Waals surface area contributed by atoms with Crippen molar-refractivity contribution >= 4 is 11.9 Å². The van der Waals surface area contributed by atoms with Crippen LogP contribution in [0.3, 0.4) is 0 Å². The topological polar surface area (TPSA) is 81.9 Å². The maximum atomic E-state index is 12.4. The van der Waals surface area contributed by atoms with Gasteiger partial charge in [0.15, 0.2) is 11.5 Å². The van der Waals surface area contributed by atoms with Crippen molar-refractivity contribution in [3.8, 4) is 0 Å². The number of amides is 1. The summed E-state index contributed by atoms with van der Waals surface area (Å²) in [7, 11) is 2.86. The quantitative estimate of drug-likeness (QED) is 0.766. The molecule has 1 unspecified atom stereocenters. The Morgan fingerprint density at radius 2 is 2.25 bits per heavy atom. The molecule has 2 heterocycles. The van der Waals surface area contributed by atoms with Gasteiger partial charge in [0.05, 0.1) is 7.11 Å². The van der Waals surface area contributed by atoms with Crippen LogP contribution in [0.25, 0.3) is 0 Å². The van der Waals surface area contributed by atoms with Gasteiger partial charge in [-0.15, -0.1) is 0 Å². The number of aromatic nitrogens is 1. The molecule has 1 saturated heterocycles. The molecule has 1 atom stereocenters. The monoisotopic (exact) mass is 282 g/mol. The van der Waals surface area contributed by atoms with Crippen LogP contribution in [0.15, 0.2) is 10.6 Å². The SMILES string of the molecule is COCc1cc(C(=O)N2CCCCC2C(=O)OC)no1. The summed E-state index contributed by atoms with van der Waals surface area (Å²) < 4.78 is 14.7. The molecule has 1 aliphatic heterocycles. The van der Waals surface area contributed by atoms with Gasteiger partial charge in [-0.05, 0) is 19.3 Å². The number of hydrogen-bond donors (Lipinski definition) is 0. The van der Waals surface area contributed by atoms with Crippen molar-refractivity contribution in [1.82, 2.24) is 10.1 Å². The minimum absolute atomic E-state index is 0.188. The number of carbonyl (C=O) groups excluding carboxylic acids is 2. The van der Waals surface area contributed by atoms with Crippen molar-refractivity contribution in [3.05, 3.63) is 17.5 Å². The Morgan fingerprint density at radius 3 is 2.95 bits per heavy atom. The molecule has 0 N–H and O–H groups in total. The summed E-state index contributed by atoms with van der Waals surface area (Å²) in [6.07, 6.45) is 2.38. The predicted octanol–water partition coefficient (Wildman–Crippen LogP) is 0.989. The molecule has 0 saturated carbocycles. The lowest BCUT2D eigenvalue weighted by molar-refractivity contribution is -0.147. The fourth-order valence-corrected chi connectivity index (χ4v) is 2.33. The lowest BCUT2D eigenvalue weighted by Gasteiger charge is -2.33. The zero-order chi connectivity index (χ0) is 14.5. The van der Waals surface area contributed by atoms with Crippen LogP contribution in [0.1, 0.15) is 35.5 Å². The molecule has 2 rings (SSSR count). The second-order valence-corrected chi connectivity index (χ2v) is 4.64. The molecule has 0 aromatic carbocycles. The first-order valence-corrected chi connectivity index (χ1v) is 6.50. The second kappa shape index (κ2) is 6.51. The normalized spacial score (nSPS) is 18.9. The van der Waals surface area contributed by atoms with Gasteiger partial charge in [0.1, 0.15) is 12.6 Å². The molecule has 0 bridgehead atoms. The van der Waals surface area contributed by atoms with Gasteiger partial charge in [0, 0.05) is 19.7 Å². The van der Waals surface area contributed by atoms with Crippen LogP contribution in [-0.2, 0) is 20.9 Å². The zero-order valence-electron chi connectivity index (χ0n) is 11.6. The van der Waals surface area contributed by atoms with Crippen LogP contribution < -0.4 is 0 Å². The van der Waals surface area contributed by atoms with Crippen LogP contribution in [0.4, 0.5) is 0 Å². The van der Waals surface area contributed by atoms with Crippen molar-refractivity contribution in [2.75, 3.05) is 20.8 Å². The van der Waals surface area contributed by atoms with Crippen LogP contribution in [0.2, 0.25) is 0 Å². The highest BCUT2D eigenvalue weighted by Gasteiger charge is 2.34. The lowest BCUT2D eigenvalue weighted by atomic mass is 10.0. The van der Waals surface area contributed by atoms with Gasteiger partial charge in [-0.25, -0.2) is 4.79 Å². The van der Waals surface area contributed by atoms with Crippen molar-refractivity contribution in [2.45, 2.75) is 31.9 Å². The summed E-state index contributed by atoms with van der Waals surface area (Å²) in [6.45, 7) is 0.770. The molecule has 0 spiro atoms. The molecule has 20 heavy (non-hydrogen) atoms. The van der Waals surface area contributed by atoms with E-state index in [-0.39, 0.29) is 18.2 Å². The summed E-state index contributed by atoms with van der Waals surface area (Å²) in [6, 6.07) is 0.998. The molecule has 110 valence electrons. The van der Waals surface area contributed by atoms with E-state index in [0.29, 0.717) is 18.7 Å². The third-order valence-electron chi connectivity index (χ3n) is 3.30. The van der Waals surface area contributed by atoms with Crippen molar-refractivity contribution < 1.29 is 23.6 Å². The second-order valence-electron chi connectivity index (χ2n) is 4.64. The molecule has 1 aromatic rings. The number of rotatable bonds is 4. The minimum Gasteiger partial charge on any atom is -0.467 e. The predicted molar refractivity (Wildman–Crippen MR) is 67.9 cm³/mol. The Balaban J connectivity index is 2.14. The van der Waals surface area contributed by atoms with Crippen molar-refractivity contribution in [2.24, 2.45) is 0 Å². The average molecular weight is 282 g/mol. The maximum Gasteiger partial charge on any atom is 0.328 e. The molecule has 0 radical (unpaired) electrons. The summed E-state index contributed by atoms with van der Waals surface area (Å²) in [5, 5.41) is 3.73. The molecular weight excluding hydrogens is 264 g/mol. The fourth-order valence-electron chi connectivity index (χ4n) is 2.33. The van der Waals surface area contributed by atoms with E-state index in [0.717, 1.165) is 12.8 Å². The van der Waals surface area contributed by atoms with E-state index < -0.39 is 12.0 Å². The largest absolute Gasteiger partial charge is 0.467 e. The van der Waals surface area contributed by atoms with Crippen LogP contribution >= 0.6 is 0 Å². The van der Waals surface area contributed by atoms with E-state index in [1.807, 2.05) is 0 Å². The first kappa shape index (κ1) is 14.5.